The standard InChI is InChI=1S/C25H19ClN4O9/c1-37-19-11-17(18(30(35)36)12-20(19)38-2)22-21-23(39-28(22)15-4-3-5-16(10-15)29(33)34)25(32)27(24(21)31)14-8-6-13(26)7-9-14/h3-12,21-23H,1-2H3. The fourth-order valence-corrected chi connectivity index (χ4v) is 4.95. The lowest BCUT2D eigenvalue weighted by Gasteiger charge is -2.28. The van der Waals surface area contributed by atoms with Gasteiger partial charge in [-0.3, -0.25) is 34.7 Å². The zero-order chi connectivity index (χ0) is 28.0. The molecule has 0 aliphatic carbocycles. The number of benzene rings is 3. The molecule has 0 radical (unpaired) electrons. The number of nitrogens with zero attached hydrogens (tertiary/aromatic N) is 4. The highest BCUT2D eigenvalue weighted by atomic mass is 35.5. The van der Waals surface area contributed by atoms with Crippen molar-refractivity contribution in [3.63, 3.8) is 0 Å². The first-order valence-corrected chi connectivity index (χ1v) is 11.8. The Morgan fingerprint density at radius 3 is 2.15 bits per heavy atom. The fraction of sp³-hybridized carbons (Fsp3) is 0.200. The first kappa shape index (κ1) is 25.9. The number of non-ortho nitro benzene ring substituents is 1. The van der Waals surface area contributed by atoms with E-state index in [2.05, 4.69) is 0 Å². The van der Waals surface area contributed by atoms with Crippen molar-refractivity contribution < 1.29 is 33.7 Å². The van der Waals surface area contributed by atoms with Gasteiger partial charge in [-0.2, -0.15) is 0 Å². The van der Waals surface area contributed by atoms with Crippen LogP contribution in [0.1, 0.15) is 11.6 Å². The highest BCUT2D eigenvalue weighted by Crippen LogP contribution is 2.51. The average Bonchev–Trinajstić information content (AvgIpc) is 3.44. The number of nitro groups is 2. The van der Waals surface area contributed by atoms with E-state index in [4.69, 9.17) is 25.9 Å². The number of hydrogen-bond donors (Lipinski definition) is 0. The maximum absolute atomic E-state index is 13.8. The van der Waals surface area contributed by atoms with Gasteiger partial charge in [0, 0.05) is 17.2 Å². The molecule has 2 aliphatic rings. The monoisotopic (exact) mass is 554 g/mol. The fourth-order valence-electron chi connectivity index (χ4n) is 4.82. The Kier molecular flexibility index (Phi) is 6.54. The lowest BCUT2D eigenvalue weighted by Crippen LogP contribution is -2.37. The molecule has 0 spiro atoms. The Labute approximate surface area is 225 Å². The van der Waals surface area contributed by atoms with E-state index in [-0.39, 0.29) is 34.1 Å². The van der Waals surface area contributed by atoms with Crippen molar-refractivity contribution in [2.24, 2.45) is 5.92 Å². The molecular formula is C25H19ClN4O9. The molecule has 0 saturated carbocycles. The van der Waals surface area contributed by atoms with Crippen LogP contribution in [0.25, 0.3) is 0 Å². The second kappa shape index (κ2) is 9.85. The minimum Gasteiger partial charge on any atom is -0.493 e. The van der Waals surface area contributed by atoms with E-state index in [0.29, 0.717) is 5.02 Å². The predicted octanol–water partition coefficient (Wildman–Crippen LogP) is 4.22. The number of methoxy groups -OCH3 is 2. The number of fused-ring (bicyclic) bond motifs is 1. The van der Waals surface area contributed by atoms with Gasteiger partial charge in [0.25, 0.3) is 17.3 Å². The molecule has 0 bridgehead atoms. The summed E-state index contributed by atoms with van der Waals surface area (Å²) in [5.41, 5.74) is -0.367. The van der Waals surface area contributed by atoms with E-state index in [0.717, 1.165) is 16.0 Å². The van der Waals surface area contributed by atoms with Crippen LogP contribution in [-0.4, -0.2) is 42.0 Å². The second-order valence-corrected chi connectivity index (χ2v) is 9.05. The van der Waals surface area contributed by atoms with Crippen LogP contribution in [0.4, 0.5) is 22.7 Å². The van der Waals surface area contributed by atoms with Gasteiger partial charge in [-0.15, -0.1) is 0 Å². The number of rotatable bonds is 7. The van der Waals surface area contributed by atoms with Crippen LogP contribution in [0, 0.1) is 26.1 Å². The van der Waals surface area contributed by atoms with E-state index in [9.17, 15) is 29.8 Å². The molecule has 2 aliphatic heterocycles. The smallest absolute Gasteiger partial charge is 0.278 e. The molecule has 0 aromatic heterocycles. The third kappa shape index (κ3) is 4.27. The van der Waals surface area contributed by atoms with Gasteiger partial charge in [0.15, 0.2) is 17.6 Å². The van der Waals surface area contributed by atoms with Gasteiger partial charge in [0.1, 0.15) is 12.0 Å². The second-order valence-electron chi connectivity index (χ2n) is 8.61. The lowest BCUT2D eigenvalue weighted by molar-refractivity contribution is -0.385. The summed E-state index contributed by atoms with van der Waals surface area (Å²) in [6, 6.07) is 12.6. The van der Waals surface area contributed by atoms with Gasteiger partial charge in [0.05, 0.1) is 47.1 Å². The van der Waals surface area contributed by atoms with Gasteiger partial charge in [-0.1, -0.05) is 17.7 Å². The summed E-state index contributed by atoms with van der Waals surface area (Å²) in [6.45, 7) is 0. The van der Waals surface area contributed by atoms with Gasteiger partial charge >= 0.3 is 0 Å². The van der Waals surface area contributed by atoms with Crippen molar-refractivity contribution in [1.82, 2.24) is 0 Å². The molecule has 0 N–H and O–H groups in total. The van der Waals surface area contributed by atoms with Crippen molar-refractivity contribution in [2.45, 2.75) is 12.1 Å². The highest BCUT2D eigenvalue weighted by molar-refractivity contribution is 6.31. The van der Waals surface area contributed by atoms with Crippen LogP contribution in [0.2, 0.25) is 5.02 Å². The quantitative estimate of drug-likeness (QED) is 0.235. The lowest BCUT2D eigenvalue weighted by atomic mass is 9.89. The van der Waals surface area contributed by atoms with Gasteiger partial charge in [0.2, 0.25) is 5.91 Å². The minimum atomic E-state index is -1.37. The third-order valence-electron chi connectivity index (χ3n) is 6.54. The number of halogens is 1. The molecule has 2 saturated heterocycles. The first-order chi connectivity index (χ1) is 18.7. The number of amides is 2. The molecule has 200 valence electrons. The average molecular weight is 555 g/mol. The van der Waals surface area contributed by atoms with Crippen molar-refractivity contribution in [3.05, 3.63) is 91.5 Å². The number of imide groups is 1. The van der Waals surface area contributed by atoms with Crippen molar-refractivity contribution in [1.29, 1.82) is 0 Å². The molecule has 2 fully saturated rings. The van der Waals surface area contributed by atoms with Crippen molar-refractivity contribution in [3.8, 4) is 11.5 Å². The topological polar surface area (TPSA) is 155 Å². The molecule has 3 aromatic carbocycles. The number of carbonyl (C=O) groups excluding carboxylic acids is 2. The van der Waals surface area contributed by atoms with E-state index in [1.54, 1.807) is 0 Å². The summed E-state index contributed by atoms with van der Waals surface area (Å²) in [7, 11) is 2.65. The number of hydrogen-bond acceptors (Lipinski definition) is 10. The summed E-state index contributed by atoms with van der Waals surface area (Å²) in [4.78, 5) is 56.6. The zero-order valence-electron chi connectivity index (χ0n) is 20.3. The molecule has 5 rings (SSSR count). The Hall–Kier alpha value is -4.75. The molecule has 2 heterocycles. The largest absolute Gasteiger partial charge is 0.493 e. The normalized spacial score (nSPS) is 20.2. The Bertz CT molecular complexity index is 1510. The Morgan fingerprint density at radius 2 is 1.54 bits per heavy atom. The van der Waals surface area contributed by atoms with E-state index >= 15 is 0 Å². The number of ether oxygens (including phenoxy) is 2. The summed E-state index contributed by atoms with van der Waals surface area (Å²) in [5.74, 6) is -2.42. The Balaban J connectivity index is 1.70. The van der Waals surface area contributed by atoms with Crippen LogP contribution in [0.5, 0.6) is 11.5 Å². The molecule has 3 atom stereocenters. The SMILES string of the molecule is COc1cc(C2C3C(=O)N(c4ccc(Cl)cc4)C(=O)C3ON2c2cccc([N+](=O)[O-])c2)c([N+](=O)[O-])cc1OC. The zero-order valence-corrected chi connectivity index (χ0v) is 21.1. The molecule has 2 amide bonds. The summed E-state index contributed by atoms with van der Waals surface area (Å²) in [6.07, 6.45) is -1.37. The maximum Gasteiger partial charge on any atom is 0.278 e. The van der Waals surface area contributed by atoms with Crippen LogP contribution in [0.15, 0.2) is 60.7 Å². The van der Waals surface area contributed by atoms with Crippen LogP contribution in [0.3, 0.4) is 0 Å². The number of carbonyl (C=O) groups is 2. The molecule has 14 heteroatoms. The van der Waals surface area contributed by atoms with Gasteiger partial charge in [-0.25, -0.2) is 9.96 Å². The van der Waals surface area contributed by atoms with Gasteiger partial charge in [-0.05, 0) is 36.4 Å². The van der Waals surface area contributed by atoms with Crippen LogP contribution < -0.4 is 19.4 Å². The predicted molar refractivity (Wildman–Crippen MR) is 137 cm³/mol. The van der Waals surface area contributed by atoms with E-state index in [1.807, 2.05) is 0 Å². The van der Waals surface area contributed by atoms with Crippen LogP contribution in [-0.2, 0) is 14.4 Å². The van der Waals surface area contributed by atoms with Crippen molar-refractivity contribution in [2.75, 3.05) is 24.2 Å². The summed E-state index contributed by atoms with van der Waals surface area (Å²) in [5, 5.41) is 25.1. The summed E-state index contributed by atoms with van der Waals surface area (Å²) >= 11 is 5.96. The molecule has 3 aromatic rings. The molecular weight excluding hydrogens is 536 g/mol. The molecule has 3 unspecified atom stereocenters. The first-order valence-electron chi connectivity index (χ1n) is 11.4. The third-order valence-corrected chi connectivity index (χ3v) is 6.80. The van der Waals surface area contributed by atoms with Gasteiger partial charge < -0.3 is 9.47 Å². The van der Waals surface area contributed by atoms with Crippen LogP contribution >= 0.6 is 11.6 Å². The molecule has 39 heavy (non-hydrogen) atoms. The maximum atomic E-state index is 13.8. The summed E-state index contributed by atoms with van der Waals surface area (Å²) < 4.78 is 10.6. The van der Waals surface area contributed by atoms with E-state index < -0.39 is 45.4 Å². The molecule has 13 nitrogen and oxygen atoms in total. The van der Waals surface area contributed by atoms with E-state index in [1.165, 1.54) is 68.8 Å². The Morgan fingerprint density at radius 1 is 0.872 bits per heavy atom. The number of hydroxylamine groups is 1. The minimum absolute atomic E-state index is 0.0178. The number of nitro benzene ring substituents is 2. The number of anilines is 2. The highest BCUT2D eigenvalue weighted by Gasteiger charge is 2.61. The van der Waals surface area contributed by atoms with Crippen molar-refractivity contribution >= 4 is 46.2 Å².